The molecule has 0 aliphatic carbocycles. The van der Waals surface area contributed by atoms with Crippen LogP contribution in [-0.2, 0) is 11.2 Å². The monoisotopic (exact) mass is 392 g/mol. The molecular weight excluding hydrogens is 372 g/mol. The maximum absolute atomic E-state index is 12.5. The van der Waals surface area contributed by atoms with Gasteiger partial charge in [-0.1, -0.05) is 30.3 Å². The minimum absolute atomic E-state index is 0.186. The van der Waals surface area contributed by atoms with Crippen LogP contribution in [0.2, 0.25) is 0 Å². The predicted octanol–water partition coefficient (Wildman–Crippen LogP) is 3.49. The Balaban J connectivity index is 1.41. The number of urea groups is 1. The molecule has 0 unspecified atom stereocenters. The van der Waals surface area contributed by atoms with Crippen LogP contribution in [0.5, 0.6) is 5.75 Å². The van der Waals surface area contributed by atoms with Gasteiger partial charge in [0, 0.05) is 10.9 Å². The zero-order valence-corrected chi connectivity index (χ0v) is 16.1. The summed E-state index contributed by atoms with van der Waals surface area (Å²) < 4.78 is 11.1. The van der Waals surface area contributed by atoms with Crippen LogP contribution >= 0.6 is 0 Å². The summed E-state index contributed by atoms with van der Waals surface area (Å²) in [6.45, 7) is 3.52. The van der Waals surface area contributed by atoms with Gasteiger partial charge < -0.3 is 14.5 Å². The molecule has 0 spiro atoms. The largest absolute Gasteiger partial charge is 0.449 e. The summed E-state index contributed by atoms with van der Waals surface area (Å²) in [5, 5.41) is 5.77. The molecule has 1 fully saturated rings. The first-order valence-electron chi connectivity index (χ1n) is 9.28. The maximum Gasteiger partial charge on any atom is 0.379 e. The summed E-state index contributed by atoms with van der Waals surface area (Å²) in [4.78, 5) is 35.7. The summed E-state index contributed by atoms with van der Waals surface area (Å²) in [5.74, 6) is -0.290. The van der Waals surface area contributed by atoms with Gasteiger partial charge in [0.2, 0.25) is 5.76 Å². The molecule has 29 heavy (non-hydrogen) atoms. The van der Waals surface area contributed by atoms with Crippen LogP contribution in [0.1, 0.15) is 35.0 Å². The SMILES string of the molecule is Cc1c(C(=O)Oc2ccc(CC[C@@]3(C)NC(=O)NC3=O)cc2)oc2ccccc12. The van der Waals surface area contributed by atoms with E-state index in [1.807, 2.05) is 37.3 Å². The first-order valence-corrected chi connectivity index (χ1v) is 9.28. The maximum atomic E-state index is 12.5. The molecule has 2 N–H and O–H groups in total. The van der Waals surface area contributed by atoms with Gasteiger partial charge in [-0.25, -0.2) is 9.59 Å². The summed E-state index contributed by atoms with van der Waals surface area (Å²) >= 11 is 0. The lowest BCUT2D eigenvalue weighted by molar-refractivity contribution is -0.123. The Bertz CT molecular complexity index is 1120. The summed E-state index contributed by atoms with van der Waals surface area (Å²) in [5.41, 5.74) is 1.43. The van der Waals surface area contributed by atoms with Gasteiger partial charge in [0.25, 0.3) is 5.91 Å². The van der Waals surface area contributed by atoms with E-state index in [4.69, 9.17) is 9.15 Å². The molecule has 0 saturated carbocycles. The third-order valence-corrected chi connectivity index (χ3v) is 5.19. The Morgan fingerprint density at radius 2 is 1.83 bits per heavy atom. The van der Waals surface area contributed by atoms with Crippen molar-refractivity contribution in [1.29, 1.82) is 0 Å². The Morgan fingerprint density at radius 3 is 2.48 bits per heavy atom. The van der Waals surface area contributed by atoms with Gasteiger partial charge in [0.05, 0.1) is 0 Å². The number of hydrogen-bond donors (Lipinski definition) is 2. The first-order chi connectivity index (χ1) is 13.9. The highest BCUT2D eigenvalue weighted by Gasteiger charge is 2.41. The van der Waals surface area contributed by atoms with Gasteiger partial charge in [-0.3, -0.25) is 10.1 Å². The molecule has 0 bridgehead atoms. The number of hydrogen-bond acceptors (Lipinski definition) is 5. The lowest BCUT2D eigenvalue weighted by Gasteiger charge is -2.20. The first kappa shape index (κ1) is 18.7. The van der Waals surface area contributed by atoms with Crippen molar-refractivity contribution in [3.8, 4) is 5.75 Å². The molecule has 2 heterocycles. The van der Waals surface area contributed by atoms with E-state index in [2.05, 4.69) is 10.6 Å². The molecule has 2 aromatic carbocycles. The highest BCUT2D eigenvalue weighted by molar-refractivity contribution is 6.06. The average Bonchev–Trinajstić information content (AvgIpc) is 3.17. The Kier molecular flexibility index (Phi) is 4.58. The minimum atomic E-state index is -0.916. The van der Waals surface area contributed by atoms with E-state index in [9.17, 15) is 14.4 Å². The standard InChI is InChI=1S/C22H20N2O5/c1-13-16-5-3-4-6-17(16)29-18(13)19(25)28-15-9-7-14(8-10-15)11-12-22(2)20(26)23-21(27)24-22/h3-10H,11-12H2,1-2H3,(H2,23,24,26,27)/t22-/m1/s1. The number of benzene rings is 2. The lowest BCUT2D eigenvalue weighted by Crippen LogP contribution is -2.43. The third-order valence-electron chi connectivity index (χ3n) is 5.19. The molecule has 1 aliphatic heterocycles. The normalized spacial score (nSPS) is 18.6. The van der Waals surface area contributed by atoms with E-state index in [0.717, 1.165) is 16.5 Å². The number of amides is 3. The topological polar surface area (TPSA) is 97.6 Å². The molecule has 1 aliphatic rings. The second kappa shape index (κ2) is 7.09. The minimum Gasteiger partial charge on any atom is -0.449 e. The number of esters is 1. The van der Waals surface area contributed by atoms with E-state index >= 15 is 0 Å². The molecule has 7 nitrogen and oxygen atoms in total. The van der Waals surface area contributed by atoms with Gasteiger partial charge in [0.15, 0.2) is 0 Å². The molecule has 3 amide bonds. The Morgan fingerprint density at radius 1 is 1.10 bits per heavy atom. The van der Waals surface area contributed by atoms with Crippen molar-refractivity contribution in [3.05, 3.63) is 65.4 Å². The van der Waals surface area contributed by atoms with E-state index in [1.54, 1.807) is 25.1 Å². The Hall–Kier alpha value is -3.61. The fourth-order valence-electron chi connectivity index (χ4n) is 3.40. The van der Waals surface area contributed by atoms with Crippen molar-refractivity contribution in [1.82, 2.24) is 10.6 Å². The van der Waals surface area contributed by atoms with Crippen molar-refractivity contribution in [2.45, 2.75) is 32.2 Å². The van der Waals surface area contributed by atoms with E-state index < -0.39 is 17.5 Å². The Labute approximate surface area is 167 Å². The number of nitrogens with one attached hydrogen (secondary N) is 2. The molecule has 3 aromatic rings. The summed E-state index contributed by atoms with van der Waals surface area (Å²) in [6, 6.07) is 14.0. The van der Waals surface area contributed by atoms with Gasteiger partial charge in [-0.2, -0.15) is 0 Å². The molecule has 148 valence electrons. The third kappa shape index (κ3) is 3.59. The van der Waals surface area contributed by atoms with Crippen molar-refractivity contribution in [2.24, 2.45) is 0 Å². The molecular formula is C22H20N2O5. The number of para-hydroxylation sites is 1. The predicted molar refractivity (Wildman–Crippen MR) is 106 cm³/mol. The zero-order chi connectivity index (χ0) is 20.6. The van der Waals surface area contributed by atoms with Crippen molar-refractivity contribution in [2.75, 3.05) is 0 Å². The second-order valence-corrected chi connectivity index (χ2v) is 7.33. The van der Waals surface area contributed by atoms with Crippen LogP contribution in [-0.4, -0.2) is 23.4 Å². The number of furan rings is 1. The zero-order valence-electron chi connectivity index (χ0n) is 16.1. The van der Waals surface area contributed by atoms with E-state index in [-0.39, 0.29) is 11.7 Å². The number of aryl methyl sites for hydroxylation is 2. The molecule has 0 radical (unpaired) electrons. The molecule has 7 heteroatoms. The lowest BCUT2D eigenvalue weighted by atomic mass is 9.93. The fourth-order valence-corrected chi connectivity index (χ4v) is 3.40. The number of carbonyl (C=O) groups excluding carboxylic acids is 3. The van der Waals surface area contributed by atoms with E-state index in [0.29, 0.717) is 24.2 Å². The second-order valence-electron chi connectivity index (χ2n) is 7.33. The van der Waals surface area contributed by atoms with Gasteiger partial charge in [-0.15, -0.1) is 0 Å². The van der Waals surface area contributed by atoms with Crippen LogP contribution < -0.4 is 15.4 Å². The molecule has 1 saturated heterocycles. The number of ether oxygens (including phenoxy) is 1. The number of rotatable bonds is 5. The van der Waals surface area contributed by atoms with Crippen LogP contribution in [0.4, 0.5) is 4.79 Å². The van der Waals surface area contributed by atoms with Crippen LogP contribution in [0, 0.1) is 6.92 Å². The van der Waals surface area contributed by atoms with Crippen molar-refractivity contribution >= 4 is 28.9 Å². The summed E-state index contributed by atoms with van der Waals surface area (Å²) in [6.07, 6.45) is 1.04. The quantitative estimate of drug-likeness (QED) is 0.394. The number of fused-ring (bicyclic) bond motifs is 1. The molecule has 1 atom stereocenters. The van der Waals surface area contributed by atoms with Crippen LogP contribution in [0.25, 0.3) is 11.0 Å². The van der Waals surface area contributed by atoms with Crippen LogP contribution in [0.3, 0.4) is 0 Å². The molecule has 4 rings (SSSR count). The van der Waals surface area contributed by atoms with Gasteiger partial charge in [0.1, 0.15) is 16.9 Å². The number of carbonyl (C=O) groups is 3. The average molecular weight is 392 g/mol. The van der Waals surface area contributed by atoms with Crippen molar-refractivity contribution < 1.29 is 23.5 Å². The highest BCUT2D eigenvalue weighted by Crippen LogP contribution is 2.26. The van der Waals surface area contributed by atoms with Gasteiger partial charge in [-0.05, 0) is 50.5 Å². The van der Waals surface area contributed by atoms with Gasteiger partial charge >= 0.3 is 12.0 Å². The highest BCUT2D eigenvalue weighted by atomic mass is 16.5. The van der Waals surface area contributed by atoms with Crippen molar-refractivity contribution in [3.63, 3.8) is 0 Å². The van der Waals surface area contributed by atoms with E-state index in [1.165, 1.54) is 0 Å². The smallest absolute Gasteiger partial charge is 0.379 e. The summed E-state index contributed by atoms with van der Waals surface area (Å²) in [7, 11) is 0. The number of imide groups is 1. The van der Waals surface area contributed by atoms with Crippen LogP contribution in [0.15, 0.2) is 52.9 Å². The molecule has 1 aromatic heterocycles. The fraction of sp³-hybridized carbons (Fsp3) is 0.227.